The number of carbonyl (C=O) groups excluding carboxylic acids is 4. The number of aliphatic hydroxyl groups is 2. The van der Waals surface area contributed by atoms with E-state index in [1.165, 1.54) is 19.9 Å². The molecule has 2 rings (SSSR count). The summed E-state index contributed by atoms with van der Waals surface area (Å²) in [7, 11) is 1.16. The number of methoxy groups -OCH3 is 1. The van der Waals surface area contributed by atoms with Crippen LogP contribution in [0.25, 0.3) is 0 Å². The third-order valence-corrected chi connectivity index (χ3v) is 6.34. The normalized spacial score (nSPS) is 33.2. The van der Waals surface area contributed by atoms with E-state index < -0.39 is 53.5 Å². The lowest BCUT2D eigenvalue weighted by molar-refractivity contribution is -0.189. The number of aliphatic hydroxyl groups excluding tert-OH is 2. The second-order valence-electron chi connectivity index (χ2n) is 8.38. The lowest BCUT2D eigenvalue weighted by Crippen LogP contribution is -2.62. The quantitative estimate of drug-likeness (QED) is 0.351. The van der Waals surface area contributed by atoms with E-state index in [-0.39, 0.29) is 42.8 Å². The van der Waals surface area contributed by atoms with Crippen LogP contribution in [0, 0.1) is 17.3 Å². The highest BCUT2D eigenvalue weighted by molar-refractivity contribution is 5.90. The molecule has 2 N–H and O–H groups in total. The van der Waals surface area contributed by atoms with Crippen molar-refractivity contribution in [1.29, 1.82) is 0 Å². The van der Waals surface area contributed by atoms with Crippen molar-refractivity contribution >= 4 is 23.7 Å². The topological polar surface area (TPSA) is 136 Å². The zero-order valence-electron chi connectivity index (χ0n) is 18.3. The summed E-state index contributed by atoms with van der Waals surface area (Å²) in [5.41, 5.74) is -1.00. The third-order valence-electron chi connectivity index (χ3n) is 6.34. The maximum absolute atomic E-state index is 12.6. The predicted molar refractivity (Wildman–Crippen MR) is 107 cm³/mol. The molecule has 0 unspecified atom stereocenters. The first-order chi connectivity index (χ1) is 14.4. The highest BCUT2D eigenvalue weighted by atomic mass is 16.5. The van der Waals surface area contributed by atoms with E-state index in [1.54, 1.807) is 6.92 Å². The smallest absolute Gasteiger partial charge is 0.333 e. The molecule has 0 aromatic rings. The molecule has 9 heteroatoms. The van der Waals surface area contributed by atoms with Gasteiger partial charge in [-0.1, -0.05) is 13.5 Å². The summed E-state index contributed by atoms with van der Waals surface area (Å²) >= 11 is 0. The van der Waals surface area contributed by atoms with Gasteiger partial charge in [-0.05, 0) is 25.8 Å². The molecule has 0 aromatic carbocycles. The summed E-state index contributed by atoms with van der Waals surface area (Å²) in [6.45, 7) is 7.97. The van der Waals surface area contributed by atoms with Crippen molar-refractivity contribution < 1.29 is 43.6 Å². The van der Waals surface area contributed by atoms with Crippen LogP contribution in [0.1, 0.15) is 40.0 Å². The molecule has 2 aliphatic carbocycles. The molecule has 0 radical (unpaired) electrons. The molecule has 0 aliphatic heterocycles. The summed E-state index contributed by atoms with van der Waals surface area (Å²) in [6, 6.07) is 0. The minimum absolute atomic E-state index is 0.0469. The summed E-state index contributed by atoms with van der Waals surface area (Å²) < 4.78 is 15.1. The van der Waals surface area contributed by atoms with Crippen molar-refractivity contribution in [1.82, 2.24) is 0 Å². The first-order valence-corrected chi connectivity index (χ1v) is 10.1. The lowest BCUT2D eigenvalue weighted by atomic mass is 9.53. The zero-order valence-corrected chi connectivity index (χ0v) is 18.3. The third kappa shape index (κ3) is 5.04. The van der Waals surface area contributed by atoms with Crippen LogP contribution in [0.3, 0.4) is 0 Å². The van der Waals surface area contributed by atoms with E-state index in [0.29, 0.717) is 0 Å². The number of carbonyl (C=O) groups is 4. The van der Waals surface area contributed by atoms with Crippen molar-refractivity contribution in [2.45, 2.75) is 58.3 Å². The van der Waals surface area contributed by atoms with Crippen LogP contribution in [0.5, 0.6) is 0 Å². The SMILES string of the molecule is C=C(C(=O)OC)[C@H]1[C@H](O)[C@@H]2C(=O)CC[C@@H](O)[C@@]2(C)C[C@@H]1OC(=O)/C(C)=C\COC(C)=O. The molecule has 0 bridgehead atoms. The second kappa shape index (κ2) is 9.74. The Kier molecular flexibility index (Phi) is 7.77. The van der Waals surface area contributed by atoms with Crippen molar-refractivity contribution in [3.8, 4) is 0 Å². The minimum Gasteiger partial charge on any atom is -0.466 e. The molecular weight excluding hydrogens is 408 g/mol. The van der Waals surface area contributed by atoms with Gasteiger partial charge < -0.3 is 24.4 Å². The van der Waals surface area contributed by atoms with Gasteiger partial charge in [0.1, 0.15) is 18.5 Å². The fraction of sp³-hybridized carbons (Fsp3) is 0.636. The molecule has 0 aromatic heterocycles. The van der Waals surface area contributed by atoms with E-state index in [1.807, 2.05) is 0 Å². The van der Waals surface area contributed by atoms with Gasteiger partial charge in [0.15, 0.2) is 0 Å². The maximum atomic E-state index is 12.6. The first-order valence-electron chi connectivity index (χ1n) is 10.1. The molecular formula is C22H30O9. The Hall–Kier alpha value is -2.52. The molecule has 2 aliphatic rings. The van der Waals surface area contributed by atoms with Crippen LogP contribution in [0.2, 0.25) is 0 Å². The Morgan fingerprint density at radius 3 is 2.45 bits per heavy atom. The molecule has 2 fully saturated rings. The van der Waals surface area contributed by atoms with Gasteiger partial charge in [-0.2, -0.15) is 0 Å². The standard InChI is InChI=1S/C22H30O9/c1-11(8-9-30-13(3)23)20(27)31-15-10-22(4)16(25)7-6-14(24)18(22)19(26)17(15)12(2)21(28)29-5/h8,15-19,25-26H,2,6-7,9-10H2,1,3-5H3/b11-8-/t15-,16+,17+,18-,19-,22+/m0/s1. The Bertz CT molecular complexity index is 799. The molecule has 2 saturated carbocycles. The Balaban J connectivity index is 2.35. The van der Waals surface area contributed by atoms with E-state index >= 15 is 0 Å². The lowest BCUT2D eigenvalue weighted by Gasteiger charge is -2.54. The minimum atomic E-state index is -1.39. The van der Waals surface area contributed by atoms with Crippen LogP contribution in [-0.2, 0) is 33.4 Å². The molecule has 0 spiro atoms. The molecule has 9 nitrogen and oxygen atoms in total. The van der Waals surface area contributed by atoms with Gasteiger partial charge in [-0.3, -0.25) is 9.59 Å². The monoisotopic (exact) mass is 438 g/mol. The summed E-state index contributed by atoms with van der Waals surface area (Å²) in [4.78, 5) is 48.3. The number of ether oxygens (including phenoxy) is 3. The number of ketones is 1. The Morgan fingerprint density at radius 1 is 1.23 bits per heavy atom. The van der Waals surface area contributed by atoms with Crippen LogP contribution >= 0.6 is 0 Å². The molecule has 172 valence electrons. The van der Waals surface area contributed by atoms with E-state index in [9.17, 15) is 29.4 Å². The Morgan fingerprint density at radius 2 is 1.87 bits per heavy atom. The molecule has 0 amide bonds. The van der Waals surface area contributed by atoms with Gasteiger partial charge in [-0.25, -0.2) is 9.59 Å². The summed E-state index contributed by atoms with van der Waals surface area (Å²) in [5.74, 6) is -4.27. The highest BCUT2D eigenvalue weighted by Gasteiger charge is 2.60. The van der Waals surface area contributed by atoms with Crippen molar-refractivity contribution in [2.75, 3.05) is 13.7 Å². The zero-order chi connectivity index (χ0) is 23.5. The van der Waals surface area contributed by atoms with Crippen LogP contribution in [-0.4, -0.2) is 65.9 Å². The average Bonchev–Trinajstić information content (AvgIpc) is 2.69. The fourth-order valence-corrected chi connectivity index (χ4v) is 4.58. The van der Waals surface area contributed by atoms with Crippen LogP contribution < -0.4 is 0 Å². The van der Waals surface area contributed by atoms with Crippen molar-refractivity contribution in [3.63, 3.8) is 0 Å². The molecule has 31 heavy (non-hydrogen) atoms. The second-order valence-corrected chi connectivity index (χ2v) is 8.38. The van der Waals surface area contributed by atoms with Crippen LogP contribution in [0.15, 0.2) is 23.8 Å². The van der Waals surface area contributed by atoms with Crippen molar-refractivity contribution in [3.05, 3.63) is 23.8 Å². The number of rotatable bonds is 6. The van der Waals surface area contributed by atoms with Gasteiger partial charge in [-0.15, -0.1) is 0 Å². The first kappa shape index (κ1) is 24.7. The predicted octanol–water partition coefficient (Wildman–Crippen LogP) is 0.864. The van der Waals surface area contributed by atoms with Gasteiger partial charge in [0.05, 0.1) is 31.2 Å². The van der Waals surface area contributed by atoms with Gasteiger partial charge in [0, 0.05) is 29.9 Å². The molecule has 0 saturated heterocycles. The number of hydrogen-bond donors (Lipinski definition) is 2. The van der Waals surface area contributed by atoms with E-state index in [0.717, 1.165) is 7.11 Å². The average molecular weight is 438 g/mol. The van der Waals surface area contributed by atoms with E-state index in [4.69, 9.17) is 14.2 Å². The number of esters is 3. The van der Waals surface area contributed by atoms with Gasteiger partial charge in [0.2, 0.25) is 0 Å². The fourth-order valence-electron chi connectivity index (χ4n) is 4.58. The number of Topliss-reactive ketones (excluding diaryl/α,β-unsaturated/α-hetero) is 1. The number of fused-ring (bicyclic) bond motifs is 1. The molecule has 6 atom stereocenters. The summed E-state index contributed by atoms with van der Waals surface area (Å²) in [5, 5.41) is 21.7. The summed E-state index contributed by atoms with van der Waals surface area (Å²) in [6.07, 6.45) is -1.55. The largest absolute Gasteiger partial charge is 0.466 e. The maximum Gasteiger partial charge on any atom is 0.333 e. The van der Waals surface area contributed by atoms with Crippen molar-refractivity contribution in [2.24, 2.45) is 17.3 Å². The number of hydrogen-bond acceptors (Lipinski definition) is 9. The Labute approximate surface area is 181 Å². The highest BCUT2D eigenvalue weighted by Crippen LogP contribution is 2.52. The van der Waals surface area contributed by atoms with E-state index in [2.05, 4.69) is 6.58 Å². The van der Waals surface area contributed by atoms with Gasteiger partial charge >= 0.3 is 17.9 Å². The van der Waals surface area contributed by atoms with Gasteiger partial charge in [0.25, 0.3) is 0 Å². The van der Waals surface area contributed by atoms with Crippen LogP contribution in [0.4, 0.5) is 0 Å². The molecule has 0 heterocycles.